The van der Waals surface area contributed by atoms with E-state index in [1.54, 1.807) is 0 Å². The third kappa shape index (κ3) is 1.83. The summed E-state index contributed by atoms with van der Waals surface area (Å²) >= 11 is 0. The largest absolute Gasteiger partial charge is 0.311 e. The van der Waals surface area contributed by atoms with E-state index < -0.39 is 0 Å². The molecule has 1 aliphatic heterocycles. The van der Waals surface area contributed by atoms with Crippen LogP contribution in [0.4, 0.5) is 0 Å². The Morgan fingerprint density at radius 2 is 2.44 bits per heavy atom. The molecule has 0 amide bonds. The SMILES string of the molecule is C=CC[C@H]1CC[C@H](C)N1. The van der Waals surface area contributed by atoms with Crippen molar-refractivity contribution in [1.82, 2.24) is 5.32 Å². The summed E-state index contributed by atoms with van der Waals surface area (Å²) < 4.78 is 0. The molecule has 1 N–H and O–H groups in total. The van der Waals surface area contributed by atoms with Crippen LogP contribution < -0.4 is 5.32 Å². The van der Waals surface area contributed by atoms with Crippen molar-refractivity contribution in [2.75, 3.05) is 0 Å². The van der Waals surface area contributed by atoms with Gasteiger partial charge < -0.3 is 5.32 Å². The Bertz CT molecular complexity index is 98.7. The van der Waals surface area contributed by atoms with Crippen molar-refractivity contribution >= 4 is 0 Å². The lowest BCUT2D eigenvalue weighted by atomic mass is 10.1. The number of nitrogens with one attached hydrogen (secondary N) is 1. The molecule has 1 aliphatic rings. The van der Waals surface area contributed by atoms with Gasteiger partial charge in [0.2, 0.25) is 0 Å². The molecular weight excluding hydrogens is 110 g/mol. The van der Waals surface area contributed by atoms with Gasteiger partial charge in [-0.2, -0.15) is 0 Å². The second-order valence-electron chi connectivity index (χ2n) is 2.87. The van der Waals surface area contributed by atoms with E-state index >= 15 is 0 Å². The van der Waals surface area contributed by atoms with Crippen LogP contribution in [0.15, 0.2) is 12.7 Å². The molecule has 1 heterocycles. The van der Waals surface area contributed by atoms with Crippen molar-refractivity contribution in [3.63, 3.8) is 0 Å². The number of hydrogen-bond acceptors (Lipinski definition) is 1. The molecule has 1 heteroatoms. The van der Waals surface area contributed by atoms with Crippen LogP contribution in [0.5, 0.6) is 0 Å². The molecule has 0 aliphatic carbocycles. The topological polar surface area (TPSA) is 12.0 Å². The molecule has 1 fully saturated rings. The van der Waals surface area contributed by atoms with Gasteiger partial charge in [-0.15, -0.1) is 6.58 Å². The summed E-state index contributed by atoms with van der Waals surface area (Å²) in [4.78, 5) is 0. The van der Waals surface area contributed by atoms with Gasteiger partial charge in [0.15, 0.2) is 0 Å². The van der Waals surface area contributed by atoms with Crippen LogP contribution in [0.3, 0.4) is 0 Å². The molecule has 52 valence electrons. The van der Waals surface area contributed by atoms with E-state index in [-0.39, 0.29) is 0 Å². The van der Waals surface area contributed by atoms with Gasteiger partial charge >= 0.3 is 0 Å². The van der Waals surface area contributed by atoms with Gasteiger partial charge in [0.05, 0.1) is 0 Å². The quantitative estimate of drug-likeness (QED) is 0.554. The molecule has 0 unspecified atom stereocenters. The molecule has 2 atom stereocenters. The predicted molar refractivity (Wildman–Crippen MR) is 40.4 cm³/mol. The third-order valence-electron chi connectivity index (χ3n) is 1.92. The first-order valence-corrected chi connectivity index (χ1v) is 3.70. The Hall–Kier alpha value is -0.300. The van der Waals surface area contributed by atoms with Crippen molar-refractivity contribution in [1.29, 1.82) is 0 Å². The van der Waals surface area contributed by atoms with Gasteiger partial charge in [0.1, 0.15) is 0 Å². The molecule has 9 heavy (non-hydrogen) atoms. The van der Waals surface area contributed by atoms with Gasteiger partial charge in [-0.25, -0.2) is 0 Å². The second-order valence-corrected chi connectivity index (χ2v) is 2.87. The molecule has 1 saturated heterocycles. The number of rotatable bonds is 2. The van der Waals surface area contributed by atoms with Crippen molar-refractivity contribution in [2.24, 2.45) is 0 Å². The highest BCUT2D eigenvalue weighted by Gasteiger charge is 2.17. The van der Waals surface area contributed by atoms with Crippen LogP contribution in [0.1, 0.15) is 26.2 Å². The fraction of sp³-hybridized carbons (Fsp3) is 0.750. The van der Waals surface area contributed by atoms with Crippen molar-refractivity contribution in [3.05, 3.63) is 12.7 Å². The highest BCUT2D eigenvalue weighted by molar-refractivity contribution is 4.85. The molecule has 1 nitrogen and oxygen atoms in total. The molecule has 0 bridgehead atoms. The minimum Gasteiger partial charge on any atom is -0.311 e. The van der Waals surface area contributed by atoms with Gasteiger partial charge in [-0.1, -0.05) is 6.08 Å². The second kappa shape index (κ2) is 3.02. The highest BCUT2D eigenvalue weighted by atomic mass is 15.0. The minimum atomic E-state index is 0.720. The Kier molecular flexibility index (Phi) is 2.29. The van der Waals surface area contributed by atoms with Crippen LogP contribution in [-0.2, 0) is 0 Å². The minimum absolute atomic E-state index is 0.720. The molecule has 0 aromatic rings. The molecule has 0 aromatic heterocycles. The zero-order valence-electron chi connectivity index (χ0n) is 6.06. The van der Waals surface area contributed by atoms with E-state index in [0.29, 0.717) is 0 Å². The molecule has 0 spiro atoms. The van der Waals surface area contributed by atoms with Gasteiger partial charge in [-0.05, 0) is 26.2 Å². The summed E-state index contributed by atoms with van der Waals surface area (Å²) in [5.41, 5.74) is 0. The zero-order valence-corrected chi connectivity index (χ0v) is 6.06. The van der Waals surface area contributed by atoms with Crippen molar-refractivity contribution in [2.45, 2.75) is 38.3 Å². The van der Waals surface area contributed by atoms with E-state index in [0.717, 1.165) is 18.5 Å². The third-order valence-corrected chi connectivity index (χ3v) is 1.92. The monoisotopic (exact) mass is 125 g/mol. The smallest absolute Gasteiger partial charge is 0.0104 e. The van der Waals surface area contributed by atoms with Crippen LogP contribution in [0, 0.1) is 0 Å². The molecule has 0 aromatic carbocycles. The molecule has 1 rings (SSSR count). The lowest BCUT2D eigenvalue weighted by Gasteiger charge is -2.07. The first-order chi connectivity index (χ1) is 4.33. The average molecular weight is 125 g/mol. The fourth-order valence-electron chi connectivity index (χ4n) is 1.41. The average Bonchev–Trinajstić information content (AvgIpc) is 2.17. The first kappa shape index (κ1) is 6.81. The first-order valence-electron chi connectivity index (χ1n) is 3.70. The lowest BCUT2D eigenvalue weighted by molar-refractivity contribution is 0.566. The molecule has 0 saturated carbocycles. The van der Waals surface area contributed by atoms with Gasteiger partial charge in [0, 0.05) is 12.1 Å². The maximum Gasteiger partial charge on any atom is 0.0104 e. The van der Waals surface area contributed by atoms with Crippen molar-refractivity contribution in [3.8, 4) is 0 Å². The molecule has 0 radical (unpaired) electrons. The van der Waals surface area contributed by atoms with Crippen LogP contribution in [0.25, 0.3) is 0 Å². The van der Waals surface area contributed by atoms with Gasteiger partial charge in [-0.3, -0.25) is 0 Å². The van der Waals surface area contributed by atoms with E-state index in [1.807, 2.05) is 6.08 Å². The summed E-state index contributed by atoms with van der Waals surface area (Å²) in [6.07, 6.45) is 5.78. The van der Waals surface area contributed by atoms with E-state index in [2.05, 4.69) is 18.8 Å². The Morgan fingerprint density at radius 3 is 2.89 bits per heavy atom. The summed E-state index contributed by atoms with van der Waals surface area (Å²) in [5.74, 6) is 0. The normalized spacial score (nSPS) is 34.8. The van der Waals surface area contributed by atoms with Crippen LogP contribution in [-0.4, -0.2) is 12.1 Å². The highest BCUT2D eigenvalue weighted by Crippen LogP contribution is 2.13. The summed E-state index contributed by atoms with van der Waals surface area (Å²) in [5, 5.41) is 3.48. The van der Waals surface area contributed by atoms with Crippen molar-refractivity contribution < 1.29 is 0 Å². The van der Waals surface area contributed by atoms with Crippen LogP contribution in [0.2, 0.25) is 0 Å². The Balaban J connectivity index is 2.21. The Labute approximate surface area is 57.1 Å². The summed E-state index contributed by atoms with van der Waals surface area (Å²) in [7, 11) is 0. The van der Waals surface area contributed by atoms with Gasteiger partial charge in [0.25, 0.3) is 0 Å². The molecular formula is C8H15N. The maximum atomic E-state index is 3.71. The summed E-state index contributed by atoms with van der Waals surface area (Å²) in [6, 6.07) is 1.45. The standard InChI is InChI=1S/C8H15N/c1-3-4-8-6-5-7(2)9-8/h3,7-9H,1,4-6H2,2H3/t7-,8-/m0/s1. The van der Waals surface area contributed by atoms with Crippen LogP contribution >= 0.6 is 0 Å². The summed E-state index contributed by atoms with van der Waals surface area (Å²) in [6.45, 7) is 5.95. The van der Waals surface area contributed by atoms with E-state index in [1.165, 1.54) is 12.8 Å². The zero-order chi connectivity index (χ0) is 6.69. The number of hydrogen-bond donors (Lipinski definition) is 1. The van der Waals surface area contributed by atoms with E-state index in [4.69, 9.17) is 0 Å². The Morgan fingerprint density at radius 1 is 1.67 bits per heavy atom. The lowest BCUT2D eigenvalue weighted by Crippen LogP contribution is -2.26. The van der Waals surface area contributed by atoms with E-state index in [9.17, 15) is 0 Å². The predicted octanol–water partition coefficient (Wildman–Crippen LogP) is 1.70. The fourth-order valence-corrected chi connectivity index (χ4v) is 1.41. The maximum absolute atomic E-state index is 3.71.